The number of nitrogens with zero attached hydrogens (tertiary/aromatic N) is 1. The second-order valence-electron chi connectivity index (χ2n) is 5.99. The Kier molecular flexibility index (Phi) is 8.31. The van der Waals surface area contributed by atoms with Crippen molar-refractivity contribution in [3.63, 3.8) is 0 Å². The van der Waals surface area contributed by atoms with Crippen LogP contribution in [0.3, 0.4) is 0 Å². The van der Waals surface area contributed by atoms with Crippen LogP contribution in [-0.2, 0) is 11.3 Å². The van der Waals surface area contributed by atoms with Gasteiger partial charge in [0, 0.05) is 24.9 Å². The molecule has 1 aromatic rings. The van der Waals surface area contributed by atoms with E-state index in [1.54, 1.807) is 0 Å². The Morgan fingerprint density at radius 1 is 1.14 bits per heavy atom. The van der Waals surface area contributed by atoms with Crippen LogP contribution in [0.25, 0.3) is 0 Å². The summed E-state index contributed by atoms with van der Waals surface area (Å²) < 4.78 is 11.3. The summed E-state index contributed by atoms with van der Waals surface area (Å²) in [6, 6.07) is 4.16. The van der Waals surface area contributed by atoms with Crippen molar-refractivity contribution in [1.82, 2.24) is 10.3 Å². The van der Waals surface area contributed by atoms with Crippen LogP contribution in [0.15, 0.2) is 12.1 Å². The molecule has 0 unspecified atom stereocenters. The van der Waals surface area contributed by atoms with Crippen molar-refractivity contribution in [3.05, 3.63) is 23.4 Å². The lowest BCUT2D eigenvalue weighted by molar-refractivity contribution is 0.0805. The third-order valence-electron chi connectivity index (χ3n) is 2.98. The fourth-order valence-corrected chi connectivity index (χ4v) is 1.85. The molecule has 0 aromatic carbocycles. The topological polar surface area (TPSA) is 43.4 Å². The monoisotopic (exact) mass is 294 g/mol. The van der Waals surface area contributed by atoms with E-state index in [0.29, 0.717) is 30.9 Å². The van der Waals surface area contributed by atoms with Crippen LogP contribution in [-0.4, -0.2) is 31.3 Å². The lowest BCUT2D eigenvalue weighted by atomic mass is 10.1. The van der Waals surface area contributed by atoms with Crippen molar-refractivity contribution in [2.75, 3.05) is 26.4 Å². The van der Waals surface area contributed by atoms with E-state index in [9.17, 15) is 0 Å². The average molecular weight is 294 g/mol. The van der Waals surface area contributed by atoms with Gasteiger partial charge in [-0.15, -0.1) is 0 Å². The van der Waals surface area contributed by atoms with Gasteiger partial charge < -0.3 is 14.8 Å². The van der Waals surface area contributed by atoms with Gasteiger partial charge in [0.15, 0.2) is 0 Å². The molecule has 0 bridgehead atoms. The molecule has 0 saturated heterocycles. The van der Waals surface area contributed by atoms with Crippen molar-refractivity contribution in [3.8, 4) is 5.88 Å². The predicted octanol–water partition coefficient (Wildman–Crippen LogP) is 3.37. The molecule has 1 aromatic heterocycles. The largest absolute Gasteiger partial charge is 0.475 e. The fourth-order valence-electron chi connectivity index (χ4n) is 1.85. The number of rotatable bonds is 10. The molecule has 0 amide bonds. The predicted molar refractivity (Wildman–Crippen MR) is 86.9 cm³/mol. The van der Waals surface area contributed by atoms with Crippen LogP contribution >= 0.6 is 0 Å². The molecule has 4 nitrogen and oxygen atoms in total. The normalized spacial score (nSPS) is 11.4. The Morgan fingerprint density at radius 2 is 1.90 bits per heavy atom. The number of ether oxygens (including phenoxy) is 2. The summed E-state index contributed by atoms with van der Waals surface area (Å²) >= 11 is 0. The second kappa shape index (κ2) is 9.74. The van der Waals surface area contributed by atoms with Gasteiger partial charge >= 0.3 is 0 Å². The van der Waals surface area contributed by atoms with Gasteiger partial charge in [0.25, 0.3) is 0 Å². The first-order valence-electron chi connectivity index (χ1n) is 7.95. The van der Waals surface area contributed by atoms with Crippen LogP contribution < -0.4 is 10.1 Å². The molecule has 0 fully saturated rings. The van der Waals surface area contributed by atoms with Crippen molar-refractivity contribution in [1.29, 1.82) is 0 Å². The standard InChI is InChI=1S/C17H30N2O2/c1-6-18-11-15-9-16(14(4)5)19-17(10-15)21-8-7-20-12-13(2)3/h9-10,13-14,18H,6-8,11-12H2,1-5H3. The van der Waals surface area contributed by atoms with Crippen molar-refractivity contribution in [2.24, 2.45) is 5.92 Å². The van der Waals surface area contributed by atoms with Crippen LogP contribution in [0.4, 0.5) is 0 Å². The lowest BCUT2D eigenvalue weighted by Crippen LogP contribution is -2.14. The summed E-state index contributed by atoms with van der Waals surface area (Å²) in [6.45, 7) is 14.4. The van der Waals surface area contributed by atoms with Crippen molar-refractivity contribution in [2.45, 2.75) is 47.1 Å². The van der Waals surface area contributed by atoms with E-state index in [0.717, 1.165) is 25.4 Å². The van der Waals surface area contributed by atoms with Gasteiger partial charge in [-0.2, -0.15) is 0 Å². The Labute approximate surface area is 129 Å². The summed E-state index contributed by atoms with van der Waals surface area (Å²) in [5.41, 5.74) is 2.29. The molecule has 0 radical (unpaired) electrons. The Balaban J connectivity index is 2.56. The summed E-state index contributed by atoms with van der Waals surface area (Å²) in [7, 11) is 0. The Morgan fingerprint density at radius 3 is 2.52 bits per heavy atom. The van der Waals surface area contributed by atoms with Crippen LogP contribution in [0.1, 0.15) is 51.8 Å². The SMILES string of the molecule is CCNCc1cc(OCCOCC(C)C)nc(C(C)C)c1. The summed E-state index contributed by atoms with van der Waals surface area (Å²) in [5.74, 6) is 1.65. The minimum atomic E-state index is 0.395. The zero-order chi connectivity index (χ0) is 15.7. The maximum atomic E-state index is 5.74. The number of nitrogens with one attached hydrogen (secondary N) is 1. The van der Waals surface area contributed by atoms with Gasteiger partial charge in [0.1, 0.15) is 6.61 Å². The molecule has 1 N–H and O–H groups in total. The highest BCUT2D eigenvalue weighted by molar-refractivity contribution is 5.26. The molecule has 0 aliphatic heterocycles. The van der Waals surface area contributed by atoms with E-state index in [1.165, 1.54) is 5.56 Å². The van der Waals surface area contributed by atoms with Gasteiger partial charge in [-0.25, -0.2) is 4.98 Å². The smallest absolute Gasteiger partial charge is 0.213 e. The molecule has 1 heterocycles. The zero-order valence-corrected chi connectivity index (χ0v) is 14.1. The van der Waals surface area contributed by atoms with E-state index in [1.807, 2.05) is 6.07 Å². The van der Waals surface area contributed by atoms with Gasteiger partial charge in [-0.05, 0) is 30.0 Å². The molecule has 1 rings (SSSR count). The third kappa shape index (κ3) is 7.44. The third-order valence-corrected chi connectivity index (χ3v) is 2.98. The van der Waals surface area contributed by atoms with E-state index in [-0.39, 0.29) is 0 Å². The Hall–Kier alpha value is -1.13. The highest BCUT2D eigenvalue weighted by Crippen LogP contribution is 2.19. The minimum Gasteiger partial charge on any atom is -0.475 e. The molecule has 120 valence electrons. The number of pyridine rings is 1. The molecule has 4 heteroatoms. The van der Waals surface area contributed by atoms with E-state index in [4.69, 9.17) is 9.47 Å². The number of aromatic nitrogens is 1. The van der Waals surface area contributed by atoms with E-state index in [2.05, 4.69) is 51.0 Å². The molecule has 0 atom stereocenters. The van der Waals surface area contributed by atoms with Crippen molar-refractivity contribution < 1.29 is 9.47 Å². The molecule has 0 aliphatic rings. The first kappa shape index (κ1) is 17.9. The van der Waals surface area contributed by atoms with Crippen LogP contribution in [0.5, 0.6) is 5.88 Å². The van der Waals surface area contributed by atoms with Gasteiger partial charge in [-0.3, -0.25) is 0 Å². The minimum absolute atomic E-state index is 0.395. The quantitative estimate of drug-likeness (QED) is 0.672. The highest BCUT2D eigenvalue weighted by Gasteiger charge is 2.07. The van der Waals surface area contributed by atoms with Gasteiger partial charge in [-0.1, -0.05) is 34.6 Å². The zero-order valence-electron chi connectivity index (χ0n) is 14.1. The summed E-state index contributed by atoms with van der Waals surface area (Å²) in [5, 5.41) is 3.34. The summed E-state index contributed by atoms with van der Waals surface area (Å²) in [4.78, 5) is 4.57. The lowest BCUT2D eigenvalue weighted by Gasteiger charge is -2.13. The fraction of sp³-hybridized carbons (Fsp3) is 0.706. The van der Waals surface area contributed by atoms with Crippen LogP contribution in [0, 0.1) is 5.92 Å². The summed E-state index contributed by atoms with van der Waals surface area (Å²) in [6.07, 6.45) is 0. The number of hydrogen-bond acceptors (Lipinski definition) is 4. The maximum Gasteiger partial charge on any atom is 0.213 e. The molecular formula is C17H30N2O2. The van der Waals surface area contributed by atoms with Crippen LogP contribution in [0.2, 0.25) is 0 Å². The second-order valence-corrected chi connectivity index (χ2v) is 5.99. The van der Waals surface area contributed by atoms with E-state index < -0.39 is 0 Å². The molecule has 0 aliphatic carbocycles. The van der Waals surface area contributed by atoms with Crippen molar-refractivity contribution >= 4 is 0 Å². The van der Waals surface area contributed by atoms with Gasteiger partial charge in [0.2, 0.25) is 5.88 Å². The maximum absolute atomic E-state index is 5.74. The molecule has 0 spiro atoms. The molecule has 0 saturated carbocycles. The van der Waals surface area contributed by atoms with Gasteiger partial charge in [0.05, 0.1) is 6.61 Å². The average Bonchev–Trinajstić information content (AvgIpc) is 2.44. The number of hydrogen-bond donors (Lipinski definition) is 1. The van der Waals surface area contributed by atoms with E-state index >= 15 is 0 Å². The Bertz CT molecular complexity index is 406. The molecular weight excluding hydrogens is 264 g/mol. The first-order valence-corrected chi connectivity index (χ1v) is 7.95. The first-order chi connectivity index (χ1) is 10.0. The highest BCUT2D eigenvalue weighted by atomic mass is 16.5. The molecule has 21 heavy (non-hydrogen) atoms.